The predicted octanol–water partition coefficient (Wildman–Crippen LogP) is 8.88. The fourth-order valence-corrected chi connectivity index (χ4v) is 4.51. The number of halogens is 9. The molecule has 1 unspecified atom stereocenters. The van der Waals surface area contributed by atoms with Gasteiger partial charge in [0.1, 0.15) is 12.1 Å². The third-order valence-corrected chi connectivity index (χ3v) is 6.60. The summed E-state index contributed by atoms with van der Waals surface area (Å²) in [5.41, 5.74) is -3.54. The van der Waals surface area contributed by atoms with Crippen molar-refractivity contribution in [2.75, 3.05) is 0 Å². The summed E-state index contributed by atoms with van der Waals surface area (Å²) >= 11 is 0. The van der Waals surface area contributed by atoms with E-state index in [0.29, 0.717) is 0 Å². The summed E-state index contributed by atoms with van der Waals surface area (Å²) in [6.45, 7) is 0. The molecule has 0 aromatic heterocycles. The molecule has 0 spiro atoms. The number of benzene rings is 2. The molecule has 3 nitrogen and oxygen atoms in total. The van der Waals surface area contributed by atoms with Crippen LogP contribution >= 0.6 is 0 Å². The second kappa shape index (κ2) is 10.8. The fraction of sp³-hybridized carbons (Fsp3) is 0.167. The number of hydrogen-bond donors (Lipinski definition) is 0. The first-order chi connectivity index (χ1) is 19.6. The van der Waals surface area contributed by atoms with Crippen molar-refractivity contribution in [3.05, 3.63) is 117 Å². The summed E-state index contributed by atoms with van der Waals surface area (Å²) in [5.74, 6) is -0.913. The molecule has 42 heavy (non-hydrogen) atoms. The lowest BCUT2D eigenvalue weighted by Crippen LogP contribution is -2.14. The molecule has 1 saturated carbocycles. The Morgan fingerprint density at radius 3 is 1.31 bits per heavy atom. The standard InChI is InChI=1S/C30H14F9N3/c31-28(32,33)19-7-1-16(2-8-19)22(13-40)25-26(23(14-41)17-3-9-20(10-4-17)29(34,35)36)27(25)24(15-42)18-5-11-21(12-6-18)30(37,38)39/h1-5,7-12,18H,6H2. The lowest BCUT2D eigenvalue weighted by molar-refractivity contribution is -0.138. The molecule has 2 aliphatic carbocycles. The summed E-state index contributed by atoms with van der Waals surface area (Å²) in [5, 5.41) is 30.0. The zero-order valence-electron chi connectivity index (χ0n) is 20.9. The molecule has 0 aliphatic heterocycles. The molecule has 1 atom stereocenters. The first-order valence-electron chi connectivity index (χ1n) is 11.9. The van der Waals surface area contributed by atoms with Crippen LogP contribution in [0.4, 0.5) is 39.5 Å². The second-order valence-electron chi connectivity index (χ2n) is 9.13. The van der Waals surface area contributed by atoms with Gasteiger partial charge in [0.15, 0.2) is 0 Å². The van der Waals surface area contributed by atoms with Crippen LogP contribution in [0.1, 0.15) is 28.7 Å². The molecule has 2 aromatic rings. The van der Waals surface area contributed by atoms with Gasteiger partial charge in [0.05, 0.1) is 33.9 Å². The van der Waals surface area contributed by atoms with Crippen LogP contribution in [-0.4, -0.2) is 6.18 Å². The highest BCUT2D eigenvalue weighted by Gasteiger charge is 2.43. The van der Waals surface area contributed by atoms with Crippen LogP contribution < -0.4 is 0 Å². The van der Waals surface area contributed by atoms with E-state index >= 15 is 0 Å². The molecule has 1 fully saturated rings. The molecular formula is C30H14F9N3. The van der Waals surface area contributed by atoms with E-state index in [1.54, 1.807) is 0 Å². The largest absolute Gasteiger partial charge is 0.416 e. The predicted molar refractivity (Wildman–Crippen MR) is 132 cm³/mol. The highest BCUT2D eigenvalue weighted by atomic mass is 19.4. The Hall–Kier alpha value is -5.02. The Balaban J connectivity index is 1.94. The summed E-state index contributed by atoms with van der Waals surface area (Å²) in [6.07, 6.45) is -11.4. The SMILES string of the molecule is N#CC(=C1C(=C(C#N)c2ccc(C(F)(F)F)cc2)C1=C(C#N)C1C=CC(C(F)(F)F)=CC1)c1ccc(C(F)(F)F)cc1. The minimum Gasteiger partial charge on any atom is -0.193 e. The molecule has 0 bridgehead atoms. The summed E-state index contributed by atoms with van der Waals surface area (Å²) in [4.78, 5) is 0. The van der Waals surface area contributed by atoms with Gasteiger partial charge in [0.25, 0.3) is 0 Å². The first kappa shape index (κ1) is 30.0. The molecule has 0 heterocycles. The molecule has 0 radical (unpaired) electrons. The van der Waals surface area contributed by atoms with Crippen LogP contribution in [-0.2, 0) is 12.4 Å². The minimum absolute atomic E-state index is 0.00608. The van der Waals surface area contributed by atoms with E-state index < -0.39 is 41.1 Å². The lowest BCUT2D eigenvalue weighted by atomic mass is 9.89. The normalized spacial score (nSPS) is 19.2. The number of alkyl halides is 9. The molecule has 2 aliphatic rings. The number of rotatable bonds is 3. The molecule has 0 saturated heterocycles. The number of nitriles is 3. The third-order valence-electron chi connectivity index (χ3n) is 6.60. The van der Waals surface area contributed by atoms with Crippen molar-refractivity contribution in [3.63, 3.8) is 0 Å². The Kier molecular flexibility index (Phi) is 7.67. The van der Waals surface area contributed by atoms with Gasteiger partial charge in [-0.3, -0.25) is 0 Å². The third kappa shape index (κ3) is 5.87. The van der Waals surface area contributed by atoms with E-state index in [-0.39, 0.29) is 51.0 Å². The molecule has 0 N–H and O–H groups in total. The Morgan fingerprint density at radius 1 is 0.595 bits per heavy atom. The highest BCUT2D eigenvalue weighted by molar-refractivity contribution is 6.06. The Labute approximate surface area is 232 Å². The van der Waals surface area contributed by atoms with E-state index in [1.165, 1.54) is 0 Å². The maximum absolute atomic E-state index is 13.1. The zero-order valence-corrected chi connectivity index (χ0v) is 20.9. The summed E-state index contributed by atoms with van der Waals surface area (Å²) < 4.78 is 118. The van der Waals surface area contributed by atoms with Crippen LogP contribution in [0.2, 0.25) is 0 Å². The molecule has 212 valence electrons. The van der Waals surface area contributed by atoms with Crippen molar-refractivity contribution in [1.29, 1.82) is 15.8 Å². The average molecular weight is 587 g/mol. The fourth-order valence-electron chi connectivity index (χ4n) is 4.51. The average Bonchev–Trinajstić information content (AvgIpc) is 3.63. The van der Waals surface area contributed by atoms with Gasteiger partial charge in [-0.15, -0.1) is 0 Å². The number of hydrogen-bond acceptors (Lipinski definition) is 3. The molecule has 12 heteroatoms. The van der Waals surface area contributed by atoms with Gasteiger partial charge in [-0.1, -0.05) is 42.5 Å². The lowest BCUT2D eigenvalue weighted by Gasteiger charge is -2.17. The van der Waals surface area contributed by atoms with E-state index in [4.69, 9.17) is 0 Å². The highest BCUT2D eigenvalue weighted by Crippen LogP contribution is 2.56. The van der Waals surface area contributed by atoms with Crippen molar-refractivity contribution in [2.45, 2.75) is 24.9 Å². The second-order valence-corrected chi connectivity index (χ2v) is 9.13. The van der Waals surface area contributed by atoms with Gasteiger partial charge in [0.2, 0.25) is 0 Å². The van der Waals surface area contributed by atoms with E-state index in [0.717, 1.165) is 66.8 Å². The number of nitrogens with zero attached hydrogens (tertiary/aromatic N) is 3. The molecule has 0 amide bonds. The van der Waals surface area contributed by atoms with Gasteiger partial charge in [-0.25, -0.2) is 0 Å². The molecule has 2 aromatic carbocycles. The van der Waals surface area contributed by atoms with Crippen molar-refractivity contribution >= 4 is 11.1 Å². The Bertz CT molecular complexity index is 1610. The van der Waals surface area contributed by atoms with Crippen LogP contribution in [0.5, 0.6) is 0 Å². The van der Waals surface area contributed by atoms with Crippen LogP contribution in [0.15, 0.2) is 94.6 Å². The van der Waals surface area contributed by atoms with Gasteiger partial charge in [0, 0.05) is 28.2 Å². The van der Waals surface area contributed by atoms with E-state index in [2.05, 4.69) is 0 Å². The van der Waals surface area contributed by atoms with Gasteiger partial charge < -0.3 is 0 Å². The molecule has 4 rings (SSSR count). The van der Waals surface area contributed by atoms with Gasteiger partial charge in [-0.2, -0.15) is 55.3 Å². The monoisotopic (exact) mass is 587 g/mol. The topological polar surface area (TPSA) is 71.4 Å². The minimum atomic E-state index is -4.67. The molecular weight excluding hydrogens is 573 g/mol. The smallest absolute Gasteiger partial charge is 0.193 e. The maximum atomic E-state index is 13.1. The van der Waals surface area contributed by atoms with Crippen molar-refractivity contribution in [2.24, 2.45) is 5.92 Å². The first-order valence-corrected chi connectivity index (χ1v) is 11.9. The van der Waals surface area contributed by atoms with Gasteiger partial charge >= 0.3 is 18.5 Å². The van der Waals surface area contributed by atoms with Crippen LogP contribution in [0.25, 0.3) is 11.1 Å². The summed E-state index contributed by atoms with van der Waals surface area (Å²) in [6, 6.07) is 12.5. The quantitative estimate of drug-likeness (QED) is 0.266. The van der Waals surface area contributed by atoms with Gasteiger partial charge in [-0.05, 0) is 41.8 Å². The van der Waals surface area contributed by atoms with Crippen molar-refractivity contribution in [1.82, 2.24) is 0 Å². The van der Waals surface area contributed by atoms with E-state index in [1.807, 2.05) is 18.2 Å². The van der Waals surface area contributed by atoms with E-state index in [9.17, 15) is 55.3 Å². The van der Waals surface area contributed by atoms with Crippen LogP contribution in [0.3, 0.4) is 0 Å². The van der Waals surface area contributed by atoms with Crippen molar-refractivity contribution < 1.29 is 39.5 Å². The Morgan fingerprint density at radius 2 is 1.02 bits per heavy atom. The summed E-state index contributed by atoms with van der Waals surface area (Å²) in [7, 11) is 0. The maximum Gasteiger partial charge on any atom is 0.416 e. The van der Waals surface area contributed by atoms with Crippen molar-refractivity contribution in [3.8, 4) is 18.2 Å². The zero-order chi connectivity index (χ0) is 31.0. The number of allylic oxidation sites excluding steroid dienone is 10. The van der Waals surface area contributed by atoms with Crippen LogP contribution in [0, 0.1) is 39.9 Å².